The smallest absolute Gasteiger partial charge is 0.243 e. The first-order valence-electron chi connectivity index (χ1n) is 11.7. The number of carbonyl (C=O) groups excluding carboxylic acids is 1. The minimum atomic E-state index is -3.66. The molecule has 2 heterocycles. The van der Waals surface area contributed by atoms with E-state index in [-0.39, 0.29) is 24.9 Å². The number of sulfonamides is 1. The zero-order chi connectivity index (χ0) is 25.3. The molecule has 35 heavy (non-hydrogen) atoms. The van der Waals surface area contributed by atoms with Gasteiger partial charge in [-0.3, -0.25) is 4.79 Å². The lowest BCUT2D eigenvalue weighted by Crippen LogP contribution is -2.44. The van der Waals surface area contributed by atoms with E-state index in [2.05, 4.69) is 10.3 Å². The largest absolute Gasteiger partial charge is 0.342 e. The van der Waals surface area contributed by atoms with Gasteiger partial charge in [0.15, 0.2) is 0 Å². The van der Waals surface area contributed by atoms with Crippen molar-refractivity contribution in [1.29, 1.82) is 0 Å². The Hall–Kier alpha value is -3.04. The average molecular weight is 499 g/mol. The molecule has 1 saturated heterocycles. The summed E-state index contributed by atoms with van der Waals surface area (Å²) in [4.78, 5) is 17.9. The highest BCUT2D eigenvalue weighted by molar-refractivity contribution is 7.89. The summed E-state index contributed by atoms with van der Waals surface area (Å²) in [6, 6.07) is 9.32. The van der Waals surface area contributed by atoms with Crippen molar-refractivity contribution in [3.8, 4) is 0 Å². The van der Waals surface area contributed by atoms with Crippen molar-refractivity contribution in [2.24, 2.45) is 13.0 Å². The maximum absolute atomic E-state index is 14.6. The molecule has 3 aromatic rings. The summed E-state index contributed by atoms with van der Waals surface area (Å²) in [7, 11) is -1.87. The van der Waals surface area contributed by atoms with E-state index in [9.17, 15) is 17.6 Å². The average Bonchev–Trinajstić information content (AvgIpc) is 3.22. The third-order valence-corrected chi connectivity index (χ3v) is 8.85. The van der Waals surface area contributed by atoms with E-state index in [1.54, 1.807) is 42.2 Å². The van der Waals surface area contributed by atoms with Gasteiger partial charge in [-0.1, -0.05) is 35.9 Å². The van der Waals surface area contributed by atoms with E-state index in [0.29, 0.717) is 29.1 Å². The number of hydrogen-bond acceptors (Lipinski definition) is 4. The van der Waals surface area contributed by atoms with Crippen molar-refractivity contribution in [3.05, 3.63) is 82.7 Å². The van der Waals surface area contributed by atoms with Crippen molar-refractivity contribution < 1.29 is 17.6 Å². The van der Waals surface area contributed by atoms with Crippen molar-refractivity contribution in [2.75, 3.05) is 13.1 Å². The Balaban J connectivity index is 1.50. The Morgan fingerprint density at radius 1 is 1.11 bits per heavy atom. The van der Waals surface area contributed by atoms with Crippen LogP contribution >= 0.6 is 0 Å². The van der Waals surface area contributed by atoms with Crippen LogP contribution in [0, 0.1) is 32.5 Å². The van der Waals surface area contributed by atoms with Crippen LogP contribution in [0.15, 0.2) is 53.7 Å². The molecule has 1 amide bonds. The van der Waals surface area contributed by atoms with E-state index in [1.165, 1.54) is 10.4 Å². The van der Waals surface area contributed by atoms with Gasteiger partial charge in [-0.05, 0) is 50.8 Å². The number of nitrogens with zero attached hydrogens (tertiary/aromatic N) is 3. The Morgan fingerprint density at radius 2 is 1.74 bits per heavy atom. The fourth-order valence-corrected chi connectivity index (χ4v) is 6.85. The first-order chi connectivity index (χ1) is 16.6. The van der Waals surface area contributed by atoms with Crippen LogP contribution in [-0.2, 0) is 21.9 Å². The summed E-state index contributed by atoms with van der Waals surface area (Å²) < 4.78 is 44.6. The molecule has 1 aromatic heterocycles. The van der Waals surface area contributed by atoms with Crippen LogP contribution in [0.1, 0.15) is 47.0 Å². The number of rotatable bonds is 6. The molecule has 0 radical (unpaired) electrons. The van der Waals surface area contributed by atoms with Gasteiger partial charge < -0.3 is 9.88 Å². The molecular weight excluding hydrogens is 467 g/mol. The third-order valence-electron chi connectivity index (χ3n) is 6.65. The Bertz CT molecular complexity index is 1320. The highest BCUT2D eigenvalue weighted by Gasteiger charge is 2.35. The van der Waals surface area contributed by atoms with E-state index in [1.807, 2.05) is 32.9 Å². The normalized spacial score (nSPS) is 16.3. The number of imidazole rings is 1. The van der Waals surface area contributed by atoms with E-state index < -0.39 is 21.9 Å². The number of halogens is 1. The second-order valence-corrected chi connectivity index (χ2v) is 11.1. The van der Waals surface area contributed by atoms with Crippen LogP contribution < -0.4 is 5.32 Å². The van der Waals surface area contributed by atoms with Gasteiger partial charge in [0.2, 0.25) is 15.9 Å². The van der Waals surface area contributed by atoms with Gasteiger partial charge in [-0.2, -0.15) is 4.31 Å². The summed E-state index contributed by atoms with van der Waals surface area (Å²) in [5, 5.41) is 2.97. The summed E-state index contributed by atoms with van der Waals surface area (Å²) in [5.41, 5.74) is 2.81. The first kappa shape index (κ1) is 25.1. The number of nitrogens with one attached hydrogen (secondary N) is 1. The molecule has 1 fully saturated rings. The number of hydrogen-bond donors (Lipinski definition) is 1. The van der Waals surface area contributed by atoms with E-state index in [4.69, 9.17) is 0 Å². The van der Waals surface area contributed by atoms with Gasteiger partial charge in [-0.15, -0.1) is 0 Å². The Morgan fingerprint density at radius 3 is 2.31 bits per heavy atom. The van der Waals surface area contributed by atoms with Gasteiger partial charge in [0, 0.05) is 44.0 Å². The number of carbonyl (C=O) groups is 1. The minimum absolute atomic E-state index is 0.235. The van der Waals surface area contributed by atoms with Gasteiger partial charge in [0.05, 0.1) is 4.90 Å². The topological polar surface area (TPSA) is 84.3 Å². The lowest BCUT2D eigenvalue weighted by atomic mass is 9.96. The Kier molecular flexibility index (Phi) is 7.10. The summed E-state index contributed by atoms with van der Waals surface area (Å²) >= 11 is 0. The van der Waals surface area contributed by atoms with Crippen molar-refractivity contribution in [3.63, 3.8) is 0 Å². The second kappa shape index (κ2) is 9.91. The van der Waals surface area contributed by atoms with Crippen LogP contribution in [0.5, 0.6) is 0 Å². The summed E-state index contributed by atoms with van der Waals surface area (Å²) in [6.45, 7) is 6.07. The zero-order valence-electron chi connectivity index (χ0n) is 20.5. The van der Waals surface area contributed by atoms with Gasteiger partial charge in [0.1, 0.15) is 17.7 Å². The predicted molar refractivity (Wildman–Crippen MR) is 132 cm³/mol. The maximum Gasteiger partial charge on any atom is 0.243 e. The quantitative estimate of drug-likeness (QED) is 0.561. The SMILES string of the molecule is Cc1cc(C)c(S(=O)(=O)N2CCC(C(=O)N[C@@H](c3ccccc3F)c3nccn3C)CC2)c(C)c1. The molecule has 0 spiro atoms. The molecule has 0 unspecified atom stereocenters. The van der Waals surface area contributed by atoms with Crippen LogP contribution in [0.25, 0.3) is 0 Å². The van der Waals surface area contributed by atoms with Crippen LogP contribution in [0.2, 0.25) is 0 Å². The molecule has 1 atom stereocenters. The fraction of sp³-hybridized carbons (Fsp3) is 0.385. The highest BCUT2D eigenvalue weighted by atomic mass is 32.2. The lowest BCUT2D eigenvalue weighted by Gasteiger charge is -2.32. The summed E-state index contributed by atoms with van der Waals surface area (Å²) in [6.07, 6.45) is 4.13. The molecule has 7 nitrogen and oxygen atoms in total. The molecule has 4 rings (SSSR count). The number of piperidine rings is 1. The van der Waals surface area contributed by atoms with Crippen molar-refractivity contribution in [2.45, 2.75) is 44.6 Å². The van der Waals surface area contributed by atoms with Crippen molar-refractivity contribution in [1.82, 2.24) is 19.2 Å². The lowest BCUT2D eigenvalue weighted by molar-refractivity contribution is -0.126. The highest BCUT2D eigenvalue weighted by Crippen LogP contribution is 2.30. The van der Waals surface area contributed by atoms with Gasteiger partial charge >= 0.3 is 0 Å². The van der Waals surface area contributed by atoms with Crippen LogP contribution in [0.4, 0.5) is 4.39 Å². The first-order valence-corrected chi connectivity index (χ1v) is 13.1. The molecule has 0 aliphatic carbocycles. The van der Waals surface area contributed by atoms with Crippen molar-refractivity contribution >= 4 is 15.9 Å². The molecule has 2 aromatic carbocycles. The third kappa shape index (κ3) is 5.01. The standard InChI is InChI=1S/C26H31FN4O3S/c1-17-15-18(2)24(19(3)16-17)35(33,34)31-12-9-20(10-13-31)26(32)29-23(25-28-11-14-30(25)4)21-7-5-6-8-22(21)27/h5-8,11,14-16,20,23H,9-10,12-13H2,1-4H3,(H,29,32)/t23-/m0/s1. The predicted octanol–water partition coefficient (Wildman–Crippen LogP) is 3.79. The van der Waals surface area contributed by atoms with E-state index in [0.717, 1.165) is 16.7 Å². The zero-order valence-corrected chi connectivity index (χ0v) is 21.3. The molecule has 1 aliphatic heterocycles. The molecule has 1 N–H and O–H groups in total. The number of aromatic nitrogens is 2. The Labute approximate surface area is 206 Å². The van der Waals surface area contributed by atoms with Gasteiger partial charge in [0.25, 0.3) is 0 Å². The van der Waals surface area contributed by atoms with Crippen LogP contribution in [0.3, 0.4) is 0 Å². The summed E-state index contributed by atoms with van der Waals surface area (Å²) in [5.74, 6) is -0.517. The molecule has 1 aliphatic rings. The molecular formula is C26H31FN4O3S. The number of amides is 1. The molecule has 186 valence electrons. The maximum atomic E-state index is 14.6. The second-order valence-electron chi connectivity index (χ2n) is 9.27. The van der Waals surface area contributed by atoms with Crippen LogP contribution in [-0.4, -0.2) is 41.3 Å². The number of benzene rings is 2. The molecule has 0 bridgehead atoms. The minimum Gasteiger partial charge on any atom is -0.342 e. The monoisotopic (exact) mass is 498 g/mol. The number of aryl methyl sites for hydroxylation is 4. The van der Waals surface area contributed by atoms with Gasteiger partial charge in [-0.25, -0.2) is 17.8 Å². The molecule has 0 saturated carbocycles. The fourth-order valence-electron chi connectivity index (χ4n) is 4.97. The molecule has 9 heteroatoms. The van der Waals surface area contributed by atoms with E-state index >= 15 is 0 Å².